The van der Waals surface area contributed by atoms with E-state index in [1.165, 1.54) is 12.1 Å². The van der Waals surface area contributed by atoms with Crippen LogP contribution in [-0.2, 0) is 14.9 Å². The number of rotatable bonds is 6. The number of amides is 1. The largest absolute Gasteiger partial charge is 0.381 e. The molecule has 2 aliphatic rings. The van der Waals surface area contributed by atoms with Crippen molar-refractivity contribution >= 4 is 11.9 Å². The molecule has 3 N–H and O–H groups in total. The zero-order valence-electron chi connectivity index (χ0n) is 17.3. The average molecular weight is 405 g/mol. The van der Waals surface area contributed by atoms with Crippen LogP contribution in [0.2, 0.25) is 0 Å². The Labute approximate surface area is 172 Å². The van der Waals surface area contributed by atoms with Gasteiger partial charge in [0.1, 0.15) is 5.82 Å². The Morgan fingerprint density at radius 2 is 2.07 bits per heavy atom. The molecule has 0 bridgehead atoms. The van der Waals surface area contributed by atoms with Crippen LogP contribution in [0.1, 0.15) is 44.6 Å². The SMILES string of the molecule is CCNC(=NCC1(c2ccc(F)cc2)CCOCC1)N1CCCC(CC(N)=O)C1. The standard InChI is InChI=1S/C22H33FN4O2/c1-2-25-21(27-11-3-4-17(15-27)14-20(24)28)26-16-22(9-12-29-13-10-22)18-5-7-19(23)8-6-18/h5-8,17H,2-4,9-16H2,1H3,(H2,24,28)(H,25,26). The van der Waals surface area contributed by atoms with E-state index in [0.717, 1.165) is 56.8 Å². The summed E-state index contributed by atoms with van der Waals surface area (Å²) >= 11 is 0. The number of carbonyl (C=O) groups excluding carboxylic acids is 1. The maximum absolute atomic E-state index is 13.5. The number of primary amides is 1. The van der Waals surface area contributed by atoms with Crippen LogP contribution in [0.5, 0.6) is 0 Å². The summed E-state index contributed by atoms with van der Waals surface area (Å²) in [6, 6.07) is 6.82. The second-order valence-corrected chi connectivity index (χ2v) is 8.19. The second-order valence-electron chi connectivity index (χ2n) is 8.19. The van der Waals surface area contributed by atoms with E-state index in [9.17, 15) is 9.18 Å². The second kappa shape index (κ2) is 10.1. The van der Waals surface area contributed by atoms with E-state index in [1.54, 1.807) is 0 Å². The van der Waals surface area contributed by atoms with Gasteiger partial charge in [-0.15, -0.1) is 0 Å². The number of likely N-dealkylation sites (tertiary alicyclic amines) is 1. The monoisotopic (exact) mass is 404 g/mol. The van der Waals surface area contributed by atoms with Gasteiger partial charge in [0.15, 0.2) is 5.96 Å². The summed E-state index contributed by atoms with van der Waals surface area (Å²) in [7, 11) is 0. The van der Waals surface area contributed by atoms with Gasteiger partial charge in [0.25, 0.3) is 0 Å². The molecule has 3 rings (SSSR count). The number of nitrogens with two attached hydrogens (primary N) is 1. The lowest BCUT2D eigenvalue weighted by Crippen LogP contribution is -2.48. The van der Waals surface area contributed by atoms with Gasteiger partial charge < -0.3 is 20.7 Å². The number of nitrogens with zero attached hydrogens (tertiary/aromatic N) is 2. The molecular formula is C22H33FN4O2. The molecule has 2 heterocycles. The van der Waals surface area contributed by atoms with E-state index in [4.69, 9.17) is 15.5 Å². The molecule has 1 unspecified atom stereocenters. The molecule has 0 aromatic heterocycles. The van der Waals surface area contributed by atoms with Crippen LogP contribution in [0.3, 0.4) is 0 Å². The van der Waals surface area contributed by atoms with Crippen molar-refractivity contribution < 1.29 is 13.9 Å². The van der Waals surface area contributed by atoms with E-state index in [-0.39, 0.29) is 23.1 Å². The highest BCUT2D eigenvalue weighted by Crippen LogP contribution is 2.35. The van der Waals surface area contributed by atoms with Crippen LogP contribution in [0, 0.1) is 11.7 Å². The highest BCUT2D eigenvalue weighted by molar-refractivity contribution is 5.80. The number of hydrogen-bond acceptors (Lipinski definition) is 3. The summed E-state index contributed by atoms with van der Waals surface area (Å²) in [5, 5.41) is 3.41. The molecule has 0 radical (unpaired) electrons. The van der Waals surface area contributed by atoms with Crippen LogP contribution in [0.25, 0.3) is 0 Å². The minimum atomic E-state index is -0.240. The third-order valence-corrected chi connectivity index (χ3v) is 6.08. The van der Waals surface area contributed by atoms with Crippen molar-refractivity contribution in [2.75, 3.05) is 39.4 Å². The molecule has 2 aliphatic heterocycles. The van der Waals surface area contributed by atoms with E-state index in [0.29, 0.717) is 26.2 Å². The number of ether oxygens (including phenoxy) is 1. The van der Waals surface area contributed by atoms with Gasteiger partial charge in [-0.05, 0) is 56.2 Å². The Morgan fingerprint density at radius 3 is 2.72 bits per heavy atom. The molecule has 160 valence electrons. The van der Waals surface area contributed by atoms with Gasteiger partial charge >= 0.3 is 0 Å². The average Bonchev–Trinajstić information content (AvgIpc) is 2.72. The molecule has 1 aromatic rings. The lowest BCUT2D eigenvalue weighted by molar-refractivity contribution is -0.119. The molecule has 2 fully saturated rings. The molecule has 6 nitrogen and oxygen atoms in total. The normalized spacial score (nSPS) is 22.3. The first kappa shape index (κ1) is 21.6. The molecule has 1 amide bonds. The predicted octanol–water partition coefficient (Wildman–Crippen LogP) is 2.43. The maximum atomic E-state index is 13.5. The Bertz CT molecular complexity index is 701. The number of benzene rings is 1. The number of hydrogen-bond donors (Lipinski definition) is 2. The predicted molar refractivity (Wildman–Crippen MR) is 112 cm³/mol. The van der Waals surface area contributed by atoms with Crippen LogP contribution in [0.15, 0.2) is 29.3 Å². The van der Waals surface area contributed by atoms with E-state index in [2.05, 4.69) is 17.1 Å². The van der Waals surface area contributed by atoms with Gasteiger partial charge in [0.2, 0.25) is 5.91 Å². The van der Waals surface area contributed by atoms with Crippen molar-refractivity contribution in [1.82, 2.24) is 10.2 Å². The minimum Gasteiger partial charge on any atom is -0.381 e. The quantitative estimate of drug-likeness (QED) is 0.564. The number of carbonyl (C=O) groups is 1. The lowest BCUT2D eigenvalue weighted by atomic mass is 9.74. The van der Waals surface area contributed by atoms with Crippen LogP contribution in [0.4, 0.5) is 4.39 Å². The molecule has 1 atom stereocenters. The zero-order chi connectivity index (χ0) is 20.7. The van der Waals surface area contributed by atoms with Gasteiger partial charge in [-0.3, -0.25) is 9.79 Å². The van der Waals surface area contributed by atoms with Gasteiger partial charge in [0.05, 0.1) is 6.54 Å². The van der Waals surface area contributed by atoms with Crippen molar-refractivity contribution in [3.05, 3.63) is 35.6 Å². The number of piperidine rings is 1. The molecule has 29 heavy (non-hydrogen) atoms. The van der Waals surface area contributed by atoms with E-state index >= 15 is 0 Å². The summed E-state index contributed by atoms with van der Waals surface area (Å²) in [5.74, 6) is 0.701. The van der Waals surface area contributed by atoms with Crippen molar-refractivity contribution in [1.29, 1.82) is 0 Å². The van der Waals surface area contributed by atoms with Gasteiger partial charge in [-0.2, -0.15) is 0 Å². The third-order valence-electron chi connectivity index (χ3n) is 6.08. The van der Waals surface area contributed by atoms with Crippen LogP contribution in [-0.4, -0.2) is 56.2 Å². The summed E-state index contributed by atoms with van der Waals surface area (Å²) in [5.41, 5.74) is 6.38. The smallest absolute Gasteiger partial charge is 0.217 e. The third kappa shape index (κ3) is 5.69. The van der Waals surface area contributed by atoms with Crippen molar-refractivity contribution in [2.45, 2.75) is 44.4 Å². The molecule has 1 aromatic carbocycles. The summed E-state index contributed by atoms with van der Waals surface area (Å²) in [6.45, 7) is 6.56. The summed E-state index contributed by atoms with van der Waals surface area (Å²) in [6.07, 6.45) is 4.21. The Morgan fingerprint density at radius 1 is 1.34 bits per heavy atom. The van der Waals surface area contributed by atoms with Crippen LogP contribution < -0.4 is 11.1 Å². The number of aliphatic imine (C=N–C) groups is 1. The van der Waals surface area contributed by atoms with Gasteiger partial charge in [-0.25, -0.2) is 4.39 Å². The molecule has 0 saturated carbocycles. The van der Waals surface area contributed by atoms with E-state index < -0.39 is 0 Å². The molecule has 2 saturated heterocycles. The molecule has 7 heteroatoms. The zero-order valence-corrected chi connectivity index (χ0v) is 17.3. The van der Waals surface area contributed by atoms with Crippen molar-refractivity contribution in [3.63, 3.8) is 0 Å². The molecular weight excluding hydrogens is 371 g/mol. The Kier molecular flexibility index (Phi) is 7.47. The first-order valence-corrected chi connectivity index (χ1v) is 10.7. The highest BCUT2D eigenvalue weighted by Gasteiger charge is 2.35. The Hall–Kier alpha value is -2.15. The topological polar surface area (TPSA) is 80.0 Å². The highest BCUT2D eigenvalue weighted by atomic mass is 19.1. The first-order valence-electron chi connectivity index (χ1n) is 10.7. The number of guanidine groups is 1. The fourth-order valence-corrected chi connectivity index (χ4v) is 4.46. The molecule has 0 aliphatic carbocycles. The van der Waals surface area contributed by atoms with Gasteiger partial charge in [-0.1, -0.05) is 12.1 Å². The maximum Gasteiger partial charge on any atom is 0.217 e. The summed E-state index contributed by atoms with van der Waals surface area (Å²) in [4.78, 5) is 18.6. The lowest BCUT2D eigenvalue weighted by Gasteiger charge is -2.38. The van der Waals surface area contributed by atoms with Crippen molar-refractivity contribution in [3.8, 4) is 0 Å². The fourth-order valence-electron chi connectivity index (χ4n) is 4.46. The number of halogens is 1. The Balaban J connectivity index is 1.79. The van der Waals surface area contributed by atoms with Crippen molar-refractivity contribution in [2.24, 2.45) is 16.6 Å². The summed E-state index contributed by atoms with van der Waals surface area (Å²) < 4.78 is 19.1. The minimum absolute atomic E-state index is 0.144. The fraction of sp³-hybridized carbons (Fsp3) is 0.636. The van der Waals surface area contributed by atoms with Crippen LogP contribution >= 0.6 is 0 Å². The van der Waals surface area contributed by atoms with Gasteiger partial charge in [0, 0.05) is 44.7 Å². The first-order chi connectivity index (χ1) is 14.0. The molecule has 0 spiro atoms. The number of nitrogens with one attached hydrogen (secondary N) is 1. The van der Waals surface area contributed by atoms with E-state index in [1.807, 2.05) is 12.1 Å².